The molecule has 1 saturated heterocycles. The lowest BCUT2D eigenvalue weighted by Gasteiger charge is -2.30. The summed E-state index contributed by atoms with van der Waals surface area (Å²) in [4.78, 5) is 2.56. The molecule has 0 radical (unpaired) electrons. The van der Waals surface area contributed by atoms with Crippen molar-refractivity contribution < 1.29 is 4.74 Å². The van der Waals surface area contributed by atoms with E-state index in [0.29, 0.717) is 0 Å². The van der Waals surface area contributed by atoms with Gasteiger partial charge in [0.05, 0.1) is 13.2 Å². The molecule has 3 heteroatoms. The molecule has 3 nitrogen and oxygen atoms in total. The van der Waals surface area contributed by atoms with Crippen LogP contribution in [0.3, 0.4) is 0 Å². The molecule has 0 aromatic carbocycles. The van der Waals surface area contributed by atoms with E-state index in [-0.39, 0.29) is 0 Å². The fourth-order valence-electron chi connectivity index (χ4n) is 2.23. The minimum Gasteiger partial charge on any atom is -0.379 e. The zero-order chi connectivity index (χ0) is 10.9. The molecule has 15 heavy (non-hydrogen) atoms. The number of nitrogens with zero attached hydrogens (tertiary/aromatic N) is 1. The van der Waals surface area contributed by atoms with E-state index in [0.717, 1.165) is 38.8 Å². The summed E-state index contributed by atoms with van der Waals surface area (Å²) in [6, 6.07) is 0. The second-order valence-electron chi connectivity index (χ2n) is 4.46. The van der Waals surface area contributed by atoms with Crippen molar-refractivity contribution in [2.75, 3.05) is 46.4 Å². The quantitative estimate of drug-likeness (QED) is 0.692. The van der Waals surface area contributed by atoms with Crippen LogP contribution in [-0.2, 0) is 4.74 Å². The summed E-state index contributed by atoms with van der Waals surface area (Å²) in [6.45, 7) is 8.79. The van der Waals surface area contributed by atoms with Gasteiger partial charge in [-0.1, -0.05) is 13.3 Å². The minimum atomic E-state index is 0.862. The molecule has 1 unspecified atom stereocenters. The van der Waals surface area contributed by atoms with E-state index in [1.807, 2.05) is 7.05 Å². The Balaban J connectivity index is 2.21. The van der Waals surface area contributed by atoms with Crippen LogP contribution < -0.4 is 5.32 Å². The molecule has 0 bridgehead atoms. The van der Waals surface area contributed by atoms with Crippen LogP contribution in [0.2, 0.25) is 0 Å². The normalized spacial score (nSPS) is 20.4. The maximum absolute atomic E-state index is 5.37. The van der Waals surface area contributed by atoms with Gasteiger partial charge < -0.3 is 10.1 Å². The smallest absolute Gasteiger partial charge is 0.0594 e. The number of hydrogen-bond donors (Lipinski definition) is 1. The van der Waals surface area contributed by atoms with E-state index in [1.54, 1.807) is 0 Å². The van der Waals surface area contributed by atoms with Crippen molar-refractivity contribution in [1.29, 1.82) is 0 Å². The molecule has 0 aliphatic carbocycles. The highest BCUT2D eigenvalue weighted by molar-refractivity contribution is 4.69. The molecule has 1 atom stereocenters. The minimum absolute atomic E-state index is 0.862. The first-order valence-corrected chi connectivity index (χ1v) is 6.31. The summed E-state index contributed by atoms with van der Waals surface area (Å²) < 4.78 is 5.37. The molecule has 1 aliphatic rings. The van der Waals surface area contributed by atoms with Crippen molar-refractivity contribution in [3.05, 3.63) is 0 Å². The van der Waals surface area contributed by atoms with Gasteiger partial charge in [-0.05, 0) is 32.4 Å². The lowest BCUT2D eigenvalue weighted by molar-refractivity contribution is 0.0294. The summed E-state index contributed by atoms with van der Waals surface area (Å²) >= 11 is 0. The van der Waals surface area contributed by atoms with Crippen molar-refractivity contribution in [1.82, 2.24) is 10.2 Å². The van der Waals surface area contributed by atoms with Crippen LogP contribution in [0, 0.1) is 5.92 Å². The molecule has 0 spiro atoms. The van der Waals surface area contributed by atoms with E-state index in [2.05, 4.69) is 17.1 Å². The lowest BCUT2D eigenvalue weighted by Crippen LogP contribution is -2.39. The van der Waals surface area contributed by atoms with Crippen molar-refractivity contribution in [2.45, 2.75) is 26.2 Å². The highest BCUT2D eigenvalue weighted by Gasteiger charge is 2.15. The van der Waals surface area contributed by atoms with Gasteiger partial charge in [0.1, 0.15) is 0 Å². The van der Waals surface area contributed by atoms with Gasteiger partial charge in [-0.25, -0.2) is 0 Å². The van der Waals surface area contributed by atoms with Crippen molar-refractivity contribution >= 4 is 0 Å². The average Bonchev–Trinajstić information content (AvgIpc) is 2.28. The molecular formula is C12H26N2O. The maximum atomic E-state index is 5.37. The number of morpholine rings is 1. The van der Waals surface area contributed by atoms with E-state index in [1.165, 1.54) is 25.8 Å². The number of nitrogens with one attached hydrogen (secondary N) is 1. The summed E-state index contributed by atoms with van der Waals surface area (Å²) in [5, 5.41) is 3.25. The van der Waals surface area contributed by atoms with E-state index < -0.39 is 0 Å². The van der Waals surface area contributed by atoms with Gasteiger partial charge in [-0.2, -0.15) is 0 Å². The van der Waals surface area contributed by atoms with Gasteiger partial charge in [0.25, 0.3) is 0 Å². The van der Waals surface area contributed by atoms with E-state index >= 15 is 0 Å². The van der Waals surface area contributed by atoms with Crippen LogP contribution in [-0.4, -0.2) is 51.3 Å². The summed E-state index contributed by atoms with van der Waals surface area (Å²) in [5.41, 5.74) is 0. The maximum Gasteiger partial charge on any atom is 0.0594 e. The summed E-state index contributed by atoms with van der Waals surface area (Å²) in [5.74, 6) is 0.862. The molecule has 1 N–H and O–H groups in total. The topological polar surface area (TPSA) is 24.5 Å². The van der Waals surface area contributed by atoms with Crippen molar-refractivity contribution in [3.8, 4) is 0 Å². The monoisotopic (exact) mass is 214 g/mol. The molecule has 0 aromatic rings. The van der Waals surface area contributed by atoms with Crippen LogP contribution in [0.1, 0.15) is 26.2 Å². The van der Waals surface area contributed by atoms with Crippen LogP contribution in [0.4, 0.5) is 0 Å². The lowest BCUT2D eigenvalue weighted by atomic mass is 9.99. The third-order valence-electron chi connectivity index (χ3n) is 3.12. The van der Waals surface area contributed by atoms with Gasteiger partial charge in [0.15, 0.2) is 0 Å². The fraction of sp³-hybridized carbons (Fsp3) is 1.00. The fourth-order valence-corrected chi connectivity index (χ4v) is 2.23. The van der Waals surface area contributed by atoms with Gasteiger partial charge in [-0.3, -0.25) is 4.90 Å². The Bertz CT molecular complexity index is 147. The number of rotatable bonds is 7. The Labute approximate surface area is 94.2 Å². The molecule has 1 rings (SSSR count). The van der Waals surface area contributed by atoms with Gasteiger partial charge >= 0.3 is 0 Å². The summed E-state index contributed by atoms with van der Waals surface area (Å²) in [6.07, 6.45) is 3.97. The first kappa shape index (κ1) is 12.9. The summed E-state index contributed by atoms with van der Waals surface area (Å²) in [7, 11) is 2.04. The Morgan fingerprint density at radius 3 is 2.60 bits per heavy atom. The SMILES string of the molecule is CCCC(CCNC)CN1CCOCC1. The van der Waals surface area contributed by atoms with Crippen molar-refractivity contribution in [3.63, 3.8) is 0 Å². The van der Waals surface area contributed by atoms with Crippen LogP contribution in [0.15, 0.2) is 0 Å². The molecule has 1 fully saturated rings. The molecule has 0 amide bonds. The standard InChI is InChI=1S/C12H26N2O/c1-3-4-12(5-6-13-2)11-14-7-9-15-10-8-14/h12-13H,3-11H2,1-2H3. The number of ether oxygens (including phenoxy) is 1. The average molecular weight is 214 g/mol. The molecule has 0 aromatic heterocycles. The third-order valence-corrected chi connectivity index (χ3v) is 3.12. The van der Waals surface area contributed by atoms with Gasteiger partial charge in [0, 0.05) is 19.6 Å². The van der Waals surface area contributed by atoms with Crippen LogP contribution in [0.5, 0.6) is 0 Å². The largest absolute Gasteiger partial charge is 0.379 e. The highest BCUT2D eigenvalue weighted by atomic mass is 16.5. The van der Waals surface area contributed by atoms with Crippen LogP contribution in [0.25, 0.3) is 0 Å². The van der Waals surface area contributed by atoms with E-state index in [4.69, 9.17) is 4.74 Å². The van der Waals surface area contributed by atoms with E-state index in [9.17, 15) is 0 Å². The molecule has 0 saturated carbocycles. The van der Waals surface area contributed by atoms with Gasteiger partial charge in [-0.15, -0.1) is 0 Å². The zero-order valence-corrected chi connectivity index (χ0v) is 10.3. The molecule has 90 valence electrons. The van der Waals surface area contributed by atoms with Gasteiger partial charge in [0.2, 0.25) is 0 Å². The Morgan fingerprint density at radius 1 is 1.27 bits per heavy atom. The predicted octanol–water partition coefficient (Wildman–Crippen LogP) is 1.34. The second kappa shape index (κ2) is 8.08. The third kappa shape index (κ3) is 5.50. The molecule has 1 aliphatic heterocycles. The number of hydrogen-bond acceptors (Lipinski definition) is 3. The molecule has 1 heterocycles. The first-order valence-electron chi connectivity index (χ1n) is 6.31. The van der Waals surface area contributed by atoms with Crippen molar-refractivity contribution in [2.24, 2.45) is 5.92 Å². The second-order valence-corrected chi connectivity index (χ2v) is 4.46. The zero-order valence-electron chi connectivity index (χ0n) is 10.3. The molecular weight excluding hydrogens is 188 g/mol. The predicted molar refractivity (Wildman–Crippen MR) is 64.2 cm³/mol. The Hall–Kier alpha value is -0.120. The Kier molecular flexibility index (Phi) is 6.98. The Morgan fingerprint density at radius 2 is 2.00 bits per heavy atom. The van der Waals surface area contributed by atoms with Crippen LogP contribution >= 0.6 is 0 Å². The first-order chi connectivity index (χ1) is 7.36. The highest BCUT2D eigenvalue weighted by Crippen LogP contribution is 2.13.